The zero-order valence-electron chi connectivity index (χ0n) is 11.3. The van der Waals surface area contributed by atoms with Crippen molar-refractivity contribution in [1.29, 1.82) is 0 Å². The molecule has 3 rings (SSSR count). The fourth-order valence-corrected chi connectivity index (χ4v) is 3.98. The van der Waals surface area contributed by atoms with Crippen LogP contribution in [0.3, 0.4) is 0 Å². The second-order valence-electron chi connectivity index (χ2n) is 6.65. The van der Waals surface area contributed by atoms with Crippen LogP contribution in [0.2, 0.25) is 0 Å². The number of carbonyl (C=O) groups excluding carboxylic acids is 1. The van der Waals surface area contributed by atoms with Crippen molar-refractivity contribution in [2.45, 2.75) is 65.1 Å². The summed E-state index contributed by atoms with van der Waals surface area (Å²) >= 11 is 0. The highest BCUT2D eigenvalue weighted by atomic mass is 16.6. The lowest BCUT2D eigenvalue weighted by atomic mass is 9.67. The van der Waals surface area contributed by atoms with Crippen LogP contribution < -0.4 is 0 Å². The lowest BCUT2D eigenvalue weighted by Crippen LogP contribution is -2.36. The van der Waals surface area contributed by atoms with Crippen molar-refractivity contribution < 1.29 is 9.53 Å². The van der Waals surface area contributed by atoms with Gasteiger partial charge in [-0.05, 0) is 37.5 Å². The molecule has 2 aliphatic carbocycles. The first-order chi connectivity index (χ1) is 7.89. The molecular formula is C15H22O2. The first-order valence-corrected chi connectivity index (χ1v) is 6.80. The summed E-state index contributed by atoms with van der Waals surface area (Å²) in [4.78, 5) is 11.8. The van der Waals surface area contributed by atoms with E-state index in [1.54, 1.807) is 18.1 Å². The number of allylic oxidation sites excluding steroid dienone is 1. The number of hydrogen-bond donors (Lipinski definition) is 0. The van der Waals surface area contributed by atoms with Gasteiger partial charge in [0.05, 0.1) is 6.10 Å². The molecule has 0 aromatic heterocycles. The molecule has 2 heteroatoms. The summed E-state index contributed by atoms with van der Waals surface area (Å²) in [5, 5.41) is 0. The van der Waals surface area contributed by atoms with Crippen LogP contribution in [0.4, 0.5) is 0 Å². The molecule has 2 fully saturated rings. The van der Waals surface area contributed by atoms with Gasteiger partial charge in [0, 0.05) is 6.42 Å². The predicted molar refractivity (Wildman–Crippen MR) is 66.7 cm³/mol. The third kappa shape index (κ3) is 1.40. The average Bonchev–Trinajstić information content (AvgIpc) is 2.82. The SMILES string of the molecule is CC(=O)[C@]12CC3=C(C(C)C)CC[C@]3(C)C[C@H]1O2. The molecular weight excluding hydrogens is 212 g/mol. The summed E-state index contributed by atoms with van der Waals surface area (Å²) in [5.41, 5.74) is 3.05. The van der Waals surface area contributed by atoms with Crippen molar-refractivity contribution in [3.05, 3.63) is 11.1 Å². The Balaban J connectivity index is 1.99. The third-order valence-electron chi connectivity index (χ3n) is 5.25. The second kappa shape index (κ2) is 3.23. The molecule has 0 unspecified atom stereocenters. The zero-order valence-corrected chi connectivity index (χ0v) is 11.3. The number of fused-ring (bicyclic) bond motifs is 2. The molecule has 0 spiro atoms. The summed E-state index contributed by atoms with van der Waals surface area (Å²) in [5.74, 6) is 0.846. The van der Waals surface area contributed by atoms with Crippen LogP contribution in [-0.4, -0.2) is 17.5 Å². The van der Waals surface area contributed by atoms with E-state index in [1.165, 1.54) is 12.8 Å². The largest absolute Gasteiger partial charge is 0.357 e. The van der Waals surface area contributed by atoms with E-state index in [1.807, 2.05) is 0 Å². The molecule has 0 N–H and O–H groups in total. The van der Waals surface area contributed by atoms with Gasteiger partial charge in [-0.15, -0.1) is 0 Å². The van der Waals surface area contributed by atoms with E-state index < -0.39 is 5.60 Å². The van der Waals surface area contributed by atoms with Crippen LogP contribution in [0.5, 0.6) is 0 Å². The summed E-state index contributed by atoms with van der Waals surface area (Å²) in [6, 6.07) is 0. The summed E-state index contributed by atoms with van der Waals surface area (Å²) in [6.45, 7) is 8.60. The predicted octanol–water partition coefficient (Wildman–Crippen LogP) is 3.26. The van der Waals surface area contributed by atoms with Crippen LogP contribution in [0.25, 0.3) is 0 Å². The Hall–Kier alpha value is -0.630. The highest BCUT2D eigenvalue weighted by Gasteiger charge is 2.66. The maximum atomic E-state index is 11.8. The van der Waals surface area contributed by atoms with E-state index in [-0.39, 0.29) is 11.9 Å². The van der Waals surface area contributed by atoms with E-state index >= 15 is 0 Å². The Morgan fingerprint density at radius 3 is 2.76 bits per heavy atom. The first-order valence-electron chi connectivity index (χ1n) is 6.80. The molecule has 0 aromatic carbocycles. The third-order valence-corrected chi connectivity index (χ3v) is 5.25. The monoisotopic (exact) mass is 234 g/mol. The molecule has 2 nitrogen and oxygen atoms in total. The normalized spacial score (nSPS) is 43.7. The van der Waals surface area contributed by atoms with Gasteiger partial charge < -0.3 is 4.74 Å². The minimum absolute atomic E-state index is 0.209. The van der Waals surface area contributed by atoms with Crippen molar-refractivity contribution in [2.75, 3.05) is 0 Å². The Morgan fingerprint density at radius 1 is 1.47 bits per heavy atom. The Bertz CT molecular complexity index is 421. The molecule has 1 heterocycles. The summed E-state index contributed by atoms with van der Waals surface area (Å²) in [7, 11) is 0. The number of epoxide rings is 1. The van der Waals surface area contributed by atoms with Gasteiger partial charge in [0.1, 0.15) is 0 Å². The van der Waals surface area contributed by atoms with E-state index in [4.69, 9.17) is 4.74 Å². The molecule has 1 saturated heterocycles. The van der Waals surface area contributed by atoms with Crippen molar-refractivity contribution in [3.8, 4) is 0 Å². The number of hydrogen-bond acceptors (Lipinski definition) is 2. The molecule has 1 aliphatic heterocycles. The second-order valence-corrected chi connectivity index (χ2v) is 6.65. The number of carbonyl (C=O) groups is 1. The maximum absolute atomic E-state index is 11.8. The topological polar surface area (TPSA) is 29.6 Å². The van der Waals surface area contributed by atoms with E-state index in [0.717, 1.165) is 12.8 Å². The molecule has 3 aliphatic rings. The van der Waals surface area contributed by atoms with Crippen LogP contribution >= 0.6 is 0 Å². The molecule has 1 saturated carbocycles. The van der Waals surface area contributed by atoms with Gasteiger partial charge in [0.2, 0.25) is 0 Å². The van der Waals surface area contributed by atoms with Gasteiger partial charge in [-0.1, -0.05) is 31.9 Å². The van der Waals surface area contributed by atoms with Crippen molar-refractivity contribution in [2.24, 2.45) is 11.3 Å². The zero-order chi connectivity index (χ0) is 12.4. The van der Waals surface area contributed by atoms with Gasteiger partial charge in [0.25, 0.3) is 0 Å². The Morgan fingerprint density at radius 2 is 2.18 bits per heavy atom. The lowest BCUT2D eigenvalue weighted by Gasteiger charge is -2.34. The minimum Gasteiger partial charge on any atom is -0.357 e. The van der Waals surface area contributed by atoms with Crippen LogP contribution in [0, 0.1) is 11.3 Å². The minimum atomic E-state index is -0.417. The molecule has 94 valence electrons. The van der Waals surface area contributed by atoms with Gasteiger partial charge in [0.15, 0.2) is 11.4 Å². The van der Waals surface area contributed by atoms with Crippen LogP contribution in [0.1, 0.15) is 53.4 Å². The summed E-state index contributed by atoms with van der Waals surface area (Å²) < 4.78 is 5.77. The quantitative estimate of drug-likeness (QED) is 0.542. The highest BCUT2D eigenvalue weighted by Crippen LogP contribution is 2.62. The maximum Gasteiger partial charge on any atom is 0.164 e. The molecule has 0 amide bonds. The highest BCUT2D eigenvalue weighted by molar-refractivity contribution is 5.89. The Labute approximate surface area is 103 Å². The number of ketones is 1. The van der Waals surface area contributed by atoms with Gasteiger partial charge in [-0.3, -0.25) is 4.79 Å². The van der Waals surface area contributed by atoms with E-state index in [9.17, 15) is 4.79 Å². The molecule has 17 heavy (non-hydrogen) atoms. The smallest absolute Gasteiger partial charge is 0.164 e. The van der Waals surface area contributed by atoms with Crippen molar-refractivity contribution in [1.82, 2.24) is 0 Å². The number of rotatable bonds is 2. The summed E-state index contributed by atoms with van der Waals surface area (Å²) in [6.07, 6.45) is 4.61. The standard InChI is InChI=1S/C15H22O2/c1-9(2)11-5-6-14(4)8-13-15(17-13,10(3)16)7-12(11)14/h9,13H,5-8H2,1-4H3/t13-,14-,15-/m1/s1. The van der Waals surface area contributed by atoms with Gasteiger partial charge >= 0.3 is 0 Å². The number of ether oxygens (including phenoxy) is 1. The van der Waals surface area contributed by atoms with Crippen LogP contribution in [0.15, 0.2) is 11.1 Å². The van der Waals surface area contributed by atoms with E-state index in [2.05, 4.69) is 20.8 Å². The van der Waals surface area contributed by atoms with E-state index in [0.29, 0.717) is 11.3 Å². The van der Waals surface area contributed by atoms with Crippen LogP contribution in [-0.2, 0) is 9.53 Å². The Kier molecular flexibility index (Phi) is 2.17. The van der Waals surface area contributed by atoms with Crippen molar-refractivity contribution >= 4 is 5.78 Å². The number of Topliss-reactive ketones (excluding diaryl/α,β-unsaturated/α-hetero) is 1. The fourth-order valence-electron chi connectivity index (χ4n) is 3.98. The fraction of sp³-hybridized carbons (Fsp3) is 0.800. The first kappa shape index (κ1) is 11.5. The lowest BCUT2D eigenvalue weighted by molar-refractivity contribution is -0.122. The molecule has 3 atom stereocenters. The van der Waals surface area contributed by atoms with Gasteiger partial charge in [-0.2, -0.15) is 0 Å². The molecule has 0 bridgehead atoms. The molecule has 0 aromatic rings. The van der Waals surface area contributed by atoms with Gasteiger partial charge in [-0.25, -0.2) is 0 Å². The van der Waals surface area contributed by atoms with Crippen molar-refractivity contribution in [3.63, 3.8) is 0 Å². The molecule has 0 radical (unpaired) electrons. The average molecular weight is 234 g/mol.